The van der Waals surface area contributed by atoms with Crippen LogP contribution in [-0.2, 0) is 38.3 Å². The van der Waals surface area contributed by atoms with E-state index < -0.39 is 59.8 Å². The van der Waals surface area contributed by atoms with E-state index in [4.69, 9.17) is 18.9 Å². The van der Waals surface area contributed by atoms with Gasteiger partial charge in [0, 0.05) is 13.0 Å². The normalized spacial score (nSPS) is 19.7. The van der Waals surface area contributed by atoms with Crippen LogP contribution in [0.25, 0.3) is 0 Å². The van der Waals surface area contributed by atoms with E-state index in [1.54, 1.807) is 0 Å². The average Bonchev–Trinajstić information content (AvgIpc) is 3.32. The quantitative estimate of drug-likeness (QED) is 0.0197. The molecule has 13 heteroatoms. The fourth-order valence-electron chi connectivity index (χ4n) is 8.29. The topological polar surface area (TPSA) is 178 Å². The molecular formula is C56H100O12S. The molecule has 12 nitrogen and oxygen atoms in total. The molecule has 1 rings (SSSR count). The Labute approximate surface area is 420 Å². The number of unbranched alkanes of at least 4 members (excludes halogenated alkanes) is 25. The van der Waals surface area contributed by atoms with Crippen molar-refractivity contribution in [1.29, 1.82) is 0 Å². The Hall–Kier alpha value is -2.20. The van der Waals surface area contributed by atoms with Crippen LogP contribution in [0.1, 0.15) is 226 Å². The van der Waals surface area contributed by atoms with E-state index in [1.165, 1.54) is 128 Å². The van der Waals surface area contributed by atoms with Gasteiger partial charge >= 0.3 is 16.4 Å². The van der Waals surface area contributed by atoms with Gasteiger partial charge in [-0.15, -0.1) is 0 Å². The second kappa shape index (κ2) is 46.8. The number of carbonyl (C=O) groups excluding carboxylic acids is 1. The summed E-state index contributed by atoms with van der Waals surface area (Å²) >= 11 is 0. The molecular weight excluding hydrogens is 897 g/mol. The summed E-state index contributed by atoms with van der Waals surface area (Å²) in [5, 5.41) is 30.8. The minimum Gasteiger partial charge on any atom is -0.457 e. The first kappa shape index (κ1) is 64.8. The summed E-state index contributed by atoms with van der Waals surface area (Å²) in [6.45, 7) is 3.80. The highest BCUT2D eigenvalue weighted by atomic mass is 32.3. The Morgan fingerprint density at radius 2 is 1.00 bits per heavy atom. The molecule has 0 bridgehead atoms. The standard InChI is InChI=1S/C56H100O12S/c1-3-5-7-9-11-13-15-17-19-21-23-24-25-26-27-28-29-31-33-35-37-39-41-43-45-52(58)66-50(49-65-56-54(60)55(68-69(61,62)63)53(59)51(47-57)67-56)48-64-46-44-42-40-38-36-34-32-30-22-20-18-16-14-12-10-8-6-4-2/h6,8,12,14,18,20,30,32,36,38,50-51,53-57,59-60H,3-5,7,9-11,13,15-17,19,21-29,31,33-35,37,39-49H2,1-2H3,(H,61,62,63)/b8-6-,14-12-,20-18-,32-30-,38-36-. The minimum atomic E-state index is -5.07. The minimum absolute atomic E-state index is 0.00661. The lowest BCUT2D eigenvalue weighted by atomic mass is 9.99. The summed E-state index contributed by atoms with van der Waals surface area (Å²) in [7, 11) is -5.07. The van der Waals surface area contributed by atoms with Crippen LogP contribution < -0.4 is 0 Å². The van der Waals surface area contributed by atoms with Crippen molar-refractivity contribution in [1.82, 2.24) is 0 Å². The highest BCUT2D eigenvalue weighted by Gasteiger charge is 2.48. The van der Waals surface area contributed by atoms with Crippen molar-refractivity contribution in [2.45, 2.75) is 263 Å². The molecule has 6 unspecified atom stereocenters. The molecule has 1 saturated heterocycles. The third kappa shape index (κ3) is 40.0. The van der Waals surface area contributed by atoms with Crippen LogP contribution >= 0.6 is 0 Å². The summed E-state index contributed by atoms with van der Waals surface area (Å²) in [4.78, 5) is 12.9. The van der Waals surface area contributed by atoms with Gasteiger partial charge in [0.05, 0.1) is 19.8 Å². The first-order valence-electron chi connectivity index (χ1n) is 27.5. The molecule has 0 aromatic carbocycles. The maximum atomic E-state index is 12.9. The lowest BCUT2D eigenvalue weighted by Gasteiger charge is -2.41. The number of aliphatic hydroxyl groups excluding tert-OH is 3. The maximum absolute atomic E-state index is 12.9. The zero-order valence-corrected chi connectivity index (χ0v) is 44.2. The van der Waals surface area contributed by atoms with E-state index in [9.17, 15) is 33.1 Å². The van der Waals surface area contributed by atoms with Crippen molar-refractivity contribution < 1.29 is 56.2 Å². The van der Waals surface area contributed by atoms with E-state index in [-0.39, 0.29) is 19.6 Å². The van der Waals surface area contributed by atoms with Gasteiger partial charge in [0.1, 0.15) is 30.5 Å². The number of esters is 1. The van der Waals surface area contributed by atoms with Crippen molar-refractivity contribution in [3.05, 3.63) is 60.8 Å². The molecule has 0 aromatic rings. The molecule has 6 atom stereocenters. The zero-order chi connectivity index (χ0) is 50.3. The fourth-order valence-corrected chi connectivity index (χ4v) is 8.80. The number of carbonyl (C=O) groups is 1. The summed E-state index contributed by atoms with van der Waals surface area (Å²) in [5.74, 6) is -0.411. The molecule has 0 spiro atoms. The van der Waals surface area contributed by atoms with Gasteiger partial charge in [-0.25, -0.2) is 4.18 Å². The number of ether oxygens (including phenoxy) is 4. The van der Waals surface area contributed by atoms with E-state index in [2.05, 4.69) is 78.8 Å². The molecule has 1 fully saturated rings. The van der Waals surface area contributed by atoms with Crippen LogP contribution in [0.2, 0.25) is 0 Å². The molecule has 4 N–H and O–H groups in total. The lowest BCUT2D eigenvalue weighted by molar-refractivity contribution is -0.301. The number of aliphatic hydroxyl groups is 3. The van der Waals surface area contributed by atoms with Gasteiger partial charge in [-0.1, -0.05) is 222 Å². The molecule has 69 heavy (non-hydrogen) atoms. The highest BCUT2D eigenvalue weighted by molar-refractivity contribution is 7.80. The van der Waals surface area contributed by atoms with Gasteiger partial charge < -0.3 is 34.3 Å². The van der Waals surface area contributed by atoms with Gasteiger partial charge in [0.2, 0.25) is 0 Å². The Bertz CT molecular complexity index is 1430. The molecule has 1 aliphatic rings. The molecule has 402 valence electrons. The van der Waals surface area contributed by atoms with Crippen molar-refractivity contribution in [3.63, 3.8) is 0 Å². The molecule has 1 heterocycles. The van der Waals surface area contributed by atoms with Crippen LogP contribution in [0.15, 0.2) is 60.8 Å². The van der Waals surface area contributed by atoms with E-state index in [0.29, 0.717) is 13.0 Å². The summed E-state index contributed by atoms with van der Waals surface area (Å²) < 4.78 is 59.3. The Morgan fingerprint density at radius 3 is 1.43 bits per heavy atom. The largest absolute Gasteiger partial charge is 0.457 e. The Kier molecular flexibility index (Phi) is 44.0. The van der Waals surface area contributed by atoms with Crippen molar-refractivity contribution in [3.8, 4) is 0 Å². The van der Waals surface area contributed by atoms with Gasteiger partial charge in [-0.3, -0.25) is 9.35 Å². The van der Waals surface area contributed by atoms with Crippen molar-refractivity contribution in [2.24, 2.45) is 0 Å². The molecule has 0 amide bonds. The van der Waals surface area contributed by atoms with Crippen LogP contribution in [0, 0.1) is 0 Å². The SMILES string of the molecule is CC/C=C\C/C=C\C/C=C\C/C=C\C/C=C\CCCCOCC(COC1OC(CO)C(O)C(OS(=O)(=O)O)C1O)OC(=O)CCCCCCCCCCCCCCCCCCCCCCCCCC. The number of hydrogen-bond acceptors (Lipinski definition) is 11. The fraction of sp³-hybridized carbons (Fsp3) is 0.804. The third-order valence-electron chi connectivity index (χ3n) is 12.4. The van der Waals surface area contributed by atoms with Gasteiger partial charge in [-0.2, -0.15) is 8.42 Å². The highest BCUT2D eigenvalue weighted by Crippen LogP contribution is 2.26. The maximum Gasteiger partial charge on any atom is 0.397 e. The average molecular weight is 997 g/mol. The summed E-state index contributed by atoms with van der Waals surface area (Å²) in [6, 6.07) is 0. The predicted octanol–water partition coefficient (Wildman–Crippen LogP) is 13.3. The number of allylic oxidation sites excluding steroid dienone is 10. The van der Waals surface area contributed by atoms with E-state index in [0.717, 1.165) is 70.6 Å². The molecule has 0 radical (unpaired) electrons. The predicted molar refractivity (Wildman–Crippen MR) is 280 cm³/mol. The number of hydrogen-bond donors (Lipinski definition) is 4. The monoisotopic (exact) mass is 997 g/mol. The third-order valence-corrected chi connectivity index (χ3v) is 12.9. The Balaban J connectivity index is 2.33. The van der Waals surface area contributed by atoms with E-state index in [1.807, 2.05) is 0 Å². The van der Waals surface area contributed by atoms with E-state index >= 15 is 0 Å². The van der Waals surface area contributed by atoms with Crippen LogP contribution in [-0.4, -0.2) is 97.5 Å². The van der Waals surface area contributed by atoms with Gasteiger partial charge in [0.15, 0.2) is 6.29 Å². The summed E-state index contributed by atoms with van der Waals surface area (Å²) in [5.41, 5.74) is 0. The second-order valence-corrected chi connectivity index (χ2v) is 19.8. The summed E-state index contributed by atoms with van der Waals surface area (Å²) in [6.07, 6.45) is 51.3. The smallest absolute Gasteiger partial charge is 0.397 e. The molecule has 0 saturated carbocycles. The van der Waals surface area contributed by atoms with Crippen molar-refractivity contribution >= 4 is 16.4 Å². The van der Waals surface area contributed by atoms with Crippen LogP contribution in [0.4, 0.5) is 0 Å². The molecule has 0 aromatic heterocycles. The molecule has 0 aliphatic carbocycles. The number of rotatable bonds is 48. The Morgan fingerprint density at radius 1 is 0.565 bits per heavy atom. The second-order valence-electron chi connectivity index (χ2n) is 18.8. The van der Waals surface area contributed by atoms with Crippen LogP contribution in [0.5, 0.6) is 0 Å². The van der Waals surface area contributed by atoms with Gasteiger partial charge in [0.25, 0.3) is 0 Å². The zero-order valence-electron chi connectivity index (χ0n) is 43.4. The van der Waals surface area contributed by atoms with Crippen LogP contribution in [0.3, 0.4) is 0 Å². The van der Waals surface area contributed by atoms with Gasteiger partial charge in [-0.05, 0) is 57.8 Å². The molecule has 1 aliphatic heterocycles. The first-order chi connectivity index (χ1) is 33.6. The first-order valence-corrected chi connectivity index (χ1v) is 28.9. The van der Waals surface area contributed by atoms with Crippen molar-refractivity contribution in [2.75, 3.05) is 26.4 Å². The lowest BCUT2D eigenvalue weighted by Crippen LogP contribution is -2.60.